The highest BCUT2D eigenvalue weighted by Gasteiger charge is 2.04. The number of benzene rings is 2. The van der Waals surface area contributed by atoms with Crippen LogP contribution in [0.2, 0.25) is 0 Å². The molecule has 0 aliphatic rings. The number of ether oxygens (including phenoxy) is 1. The monoisotopic (exact) mass is 241 g/mol. The van der Waals surface area contributed by atoms with Crippen molar-refractivity contribution in [1.29, 1.82) is 0 Å². The van der Waals surface area contributed by atoms with Gasteiger partial charge in [0.05, 0.1) is 5.69 Å². The van der Waals surface area contributed by atoms with Crippen molar-refractivity contribution in [2.75, 3.05) is 0 Å². The van der Waals surface area contributed by atoms with Gasteiger partial charge in [-0.25, -0.2) is 4.79 Å². The summed E-state index contributed by atoms with van der Waals surface area (Å²) in [4.78, 5) is 14.8. The van der Waals surface area contributed by atoms with Crippen LogP contribution in [-0.2, 0) is 0 Å². The number of hydrogen-bond acceptors (Lipinski definition) is 3. The molecule has 2 aromatic carbocycles. The topological polar surface area (TPSA) is 58.9 Å². The molecule has 0 saturated carbocycles. The average Bonchev–Trinajstić information content (AvgIpc) is 2.38. The van der Waals surface area contributed by atoms with E-state index < -0.39 is 6.16 Å². The van der Waals surface area contributed by atoms with Crippen LogP contribution in [0, 0.1) is 0 Å². The second-order valence-electron chi connectivity index (χ2n) is 3.50. The van der Waals surface area contributed by atoms with E-state index in [1.807, 2.05) is 30.3 Å². The molecule has 0 aliphatic heterocycles. The van der Waals surface area contributed by atoms with Gasteiger partial charge in [-0.05, 0) is 24.3 Å². The summed E-state index contributed by atoms with van der Waals surface area (Å²) in [5, 5.41) is 8.61. The Morgan fingerprint density at radius 3 is 2.44 bits per heavy atom. The van der Waals surface area contributed by atoms with E-state index in [2.05, 4.69) is 9.73 Å². The molecule has 0 amide bonds. The van der Waals surface area contributed by atoms with Crippen molar-refractivity contribution in [2.45, 2.75) is 0 Å². The fourth-order valence-corrected chi connectivity index (χ4v) is 1.43. The first-order valence-electron chi connectivity index (χ1n) is 5.34. The van der Waals surface area contributed by atoms with Gasteiger partial charge >= 0.3 is 6.16 Å². The third-order valence-corrected chi connectivity index (χ3v) is 2.23. The van der Waals surface area contributed by atoms with E-state index in [4.69, 9.17) is 5.11 Å². The second-order valence-corrected chi connectivity index (χ2v) is 3.50. The Labute approximate surface area is 104 Å². The molecule has 0 radical (unpaired) electrons. The van der Waals surface area contributed by atoms with Gasteiger partial charge in [0.15, 0.2) is 0 Å². The van der Waals surface area contributed by atoms with Gasteiger partial charge in [-0.1, -0.05) is 30.3 Å². The molecular formula is C14H11NO3. The molecule has 0 bridgehead atoms. The highest BCUT2D eigenvalue weighted by Crippen LogP contribution is 2.17. The van der Waals surface area contributed by atoms with E-state index in [9.17, 15) is 4.79 Å². The van der Waals surface area contributed by atoms with Gasteiger partial charge in [0.25, 0.3) is 0 Å². The quantitative estimate of drug-likeness (QED) is 0.508. The summed E-state index contributed by atoms with van der Waals surface area (Å²) in [5.41, 5.74) is 1.41. The van der Waals surface area contributed by atoms with Gasteiger partial charge in [-0.2, -0.15) is 0 Å². The predicted molar refractivity (Wildman–Crippen MR) is 68.8 cm³/mol. The van der Waals surface area contributed by atoms with Gasteiger partial charge in [0, 0.05) is 11.8 Å². The summed E-state index contributed by atoms with van der Waals surface area (Å²) in [6, 6.07) is 16.2. The fraction of sp³-hybridized carbons (Fsp3) is 0. The Morgan fingerprint density at radius 2 is 1.72 bits per heavy atom. The normalized spacial score (nSPS) is 10.4. The van der Waals surface area contributed by atoms with Crippen LogP contribution in [0.15, 0.2) is 59.6 Å². The van der Waals surface area contributed by atoms with Crippen LogP contribution in [0.4, 0.5) is 10.5 Å². The maximum absolute atomic E-state index is 10.5. The van der Waals surface area contributed by atoms with Gasteiger partial charge in [0.2, 0.25) is 0 Å². The minimum Gasteiger partial charge on any atom is -0.449 e. The van der Waals surface area contributed by atoms with E-state index in [0.29, 0.717) is 5.56 Å². The van der Waals surface area contributed by atoms with Gasteiger partial charge in [-0.3, -0.25) is 4.99 Å². The molecule has 0 saturated heterocycles. The molecule has 4 heteroatoms. The molecule has 0 aliphatic carbocycles. The van der Waals surface area contributed by atoms with Gasteiger partial charge < -0.3 is 9.84 Å². The van der Waals surface area contributed by atoms with E-state index in [1.165, 1.54) is 0 Å². The molecule has 0 aromatic heterocycles. The standard InChI is InChI=1S/C14H11NO3/c16-14(17)18-13-9-5-4-6-11(13)10-15-12-7-2-1-3-8-12/h1-10H,(H,16,17). The van der Waals surface area contributed by atoms with Crippen molar-refractivity contribution >= 4 is 18.1 Å². The lowest BCUT2D eigenvalue weighted by atomic mass is 10.2. The average molecular weight is 241 g/mol. The summed E-state index contributed by atoms with van der Waals surface area (Å²) in [6.07, 6.45) is 0.240. The fourth-order valence-electron chi connectivity index (χ4n) is 1.43. The maximum atomic E-state index is 10.5. The van der Waals surface area contributed by atoms with E-state index in [0.717, 1.165) is 5.69 Å². The Hall–Kier alpha value is -2.62. The predicted octanol–water partition coefficient (Wildman–Crippen LogP) is 3.49. The number of carboxylic acid groups (broad SMARTS) is 1. The number of carbonyl (C=O) groups is 1. The highest BCUT2D eigenvalue weighted by atomic mass is 16.7. The van der Waals surface area contributed by atoms with Crippen molar-refractivity contribution in [2.24, 2.45) is 4.99 Å². The number of hydrogen-bond donors (Lipinski definition) is 1. The summed E-state index contributed by atoms with van der Waals surface area (Å²) in [7, 11) is 0. The SMILES string of the molecule is O=C(O)Oc1ccccc1C=Nc1ccccc1. The lowest BCUT2D eigenvalue weighted by Gasteiger charge is -2.02. The molecule has 1 N–H and O–H groups in total. The van der Waals surface area contributed by atoms with Crippen LogP contribution in [0.3, 0.4) is 0 Å². The Bertz CT molecular complexity index is 564. The van der Waals surface area contributed by atoms with Crippen LogP contribution in [0.1, 0.15) is 5.56 Å². The lowest BCUT2D eigenvalue weighted by molar-refractivity contribution is 0.144. The minimum atomic E-state index is -1.34. The van der Waals surface area contributed by atoms with Crippen molar-refractivity contribution in [3.05, 3.63) is 60.2 Å². The largest absolute Gasteiger partial charge is 0.511 e. The van der Waals surface area contributed by atoms with Crippen LogP contribution in [-0.4, -0.2) is 17.5 Å². The lowest BCUT2D eigenvalue weighted by Crippen LogP contribution is -2.04. The number of rotatable bonds is 3. The Balaban J connectivity index is 2.23. The van der Waals surface area contributed by atoms with E-state index >= 15 is 0 Å². The molecule has 0 atom stereocenters. The van der Waals surface area contributed by atoms with Crippen molar-refractivity contribution in [3.63, 3.8) is 0 Å². The molecule has 0 heterocycles. The molecule has 0 spiro atoms. The molecule has 0 unspecified atom stereocenters. The Kier molecular flexibility index (Phi) is 3.71. The van der Waals surface area contributed by atoms with Gasteiger partial charge in [-0.15, -0.1) is 0 Å². The van der Waals surface area contributed by atoms with Gasteiger partial charge in [0.1, 0.15) is 5.75 Å². The molecule has 4 nitrogen and oxygen atoms in total. The summed E-state index contributed by atoms with van der Waals surface area (Å²) in [5.74, 6) is 0.268. The van der Waals surface area contributed by atoms with Crippen molar-refractivity contribution < 1.29 is 14.6 Å². The molecule has 2 rings (SSSR count). The third-order valence-electron chi connectivity index (χ3n) is 2.23. The van der Waals surface area contributed by atoms with Crippen LogP contribution in [0.5, 0.6) is 5.75 Å². The first kappa shape index (κ1) is 11.9. The number of aliphatic imine (C=N–C) groups is 1. The summed E-state index contributed by atoms with van der Waals surface area (Å²) >= 11 is 0. The maximum Gasteiger partial charge on any atom is 0.511 e. The molecule has 0 fully saturated rings. The second kappa shape index (κ2) is 5.63. The third kappa shape index (κ3) is 3.18. The molecule has 18 heavy (non-hydrogen) atoms. The zero-order valence-electron chi connectivity index (χ0n) is 9.48. The number of para-hydroxylation sites is 2. The molecular weight excluding hydrogens is 230 g/mol. The summed E-state index contributed by atoms with van der Waals surface area (Å²) in [6.45, 7) is 0. The molecule has 2 aromatic rings. The first-order chi connectivity index (χ1) is 8.75. The van der Waals surface area contributed by atoms with Crippen molar-refractivity contribution in [1.82, 2.24) is 0 Å². The number of nitrogens with zero attached hydrogens (tertiary/aromatic N) is 1. The minimum absolute atomic E-state index is 0.268. The first-order valence-corrected chi connectivity index (χ1v) is 5.34. The summed E-state index contributed by atoms with van der Waals surface area (Å²) < 4.78 is 4.66. The van der Waals surface area contributed by atoms with Crippen molar-refractivity contribution in [3.8, 4) is 5.75 Å². The zero-order chi connectivity index (χ0) is 12.8. The molecule has 90 valence electrons. The van der Waals surface area contributed by atoms with Crippen LogP contribution in [0.25, 0.3) is 0 Å². The van der Waals surface area contributed by atoms with E-state index in [-0.39, 0.29) is 5.75 Å². The van der Waals surface area contributed by atoms with Crippen LogP contribution < -0.4 is 4.74 Å². The van der Waals surface area contributed by atoms with Crippen LogP contribution >= 0.6 is 0 Å². The highest BCUT2D eigenvalue weighted by molar-refractivity contribution is 5.86. The zero-order valence-corrected chi connectivity index (χ0v) is 9.48. The smallest absolute Gasteiger partial charge is 0.449 e. The van der Waals surface area contributed by atoms with E-state index in [1.54, 1.807) is 30.5 Å². The Morgan fingerprint density at radius 1 is 1.06 bits per heavy atom.